The van der Waals surface area contributed by atoms with Crippen LogP contribution in [0.4, 0.5) is 0 Å². The molecule has 1 aliphatic heterocycles. The zero-order valence-corrected chi connectivity index (χ0v) is 15.1. The van der Waals surface area contributed by atoms with Crippen molar-refractivity contribution in [1.29, 1.82) is 0 Å². The second kappa shape index (κ2) is 7.49. The molecule has 25 heavy (non-hydrogen) atoms. The summed E-state index contributed by atoms with van der Waals surface area (Å²) in [5.74, 6) is -0.327. The van der Waals surface area contributed by atoms with Crippen LogP contribution in [0.5, 0.6) is 0 Å². The molecule has 1 aliphatic carbocycles. The molecule has 1 aromatic heterocycles. The molecule has 2 aliphatic rings. The van der Waals surface area contributed by atoms with Crippen LogP contribution in [-0.4, -0.2) is 47.7 Å². The number of likely N-dealkylation sites (N-methyl/N-ethyl adjacent to an activating group) is 1. The summed E-state index contributed by atoms with van der Waals surface area (Å²) in [6, 6.07) is 3.18. The highest BCUT2D eigenvalue weighted by molar-refractivity contribution is 7.11. The van der Waals surface area contributed by atoms with Crippen LogP contribution in [0, 0.1) is 0 Å². The Morgan fingerprint density at radius 3 is 2.88 bits per heavy atom. The molecular weight excluding hydrogens is 338 g/mol. The van der Waals surface area contributed by atoms with E-state index < -0.39 is 6.04 Å². The predicted molar refractivity (Wildman–Crippen MR) is 96.9 cm³/mol. The number of likely N-dealkylation sites (tertiary alicyclic amines) is 1. The van der Waals surface area contributed by atoms with Crippen LogP contribution < -0.4 is 11.1 Å². The van der Waals surface area contributed by atoms with E-state index in [1.54, 1.807) is 16.2 Å². The van der Waals surface area contributed by atoms with Crippen LogP contribution in [0.25, 0.3) is 5.57 Å². The molecule has 1 fully saturated rings. The standard InChI is InChI=1S/C18H23N3O3S/c1-2-20-18(24)14-8-11(19)10-21(14)17(23)9-13-12(5-6-15(13)22)16-4-3-7-25-16/h3-4,7,11,14H,2,5-6,8-10,19H2,1H3,(H,20,24)/t11-,14-/m0/s1. The summed E-state index contributed by atoms with van der Waals surface area (Å²) in [4.78, 5) is 39.9. The van der Waals surface area contributed by atoms with E-state index in [0.29, 0.717) is 37.9 Å². The summed E-state index contributed by atoms with van der Waals surface area (Å²) in [5, 5.41) is 4.73. The van der Waals surface area contributed by atoms with Gasteiger partial charge in [0.2, 0.25) is 11.8 Å². The third kappa shape index (κ3) is 3.67. The molecule has 0 radical (unpaired) electrons. The average molecular weight is 361 g/mol. The number of rotatable bonds is 5. The monoisotopic (exact) mass is 361 g/mol. The molecule has 1 saturated heterocycles. The molecule has 2 heterocycles. The number of Topliss-reactive ketones (excluding diaryl/α,β-unsaturated/α-hetero) is 1. The van der Waals surface area contributed by atoms with Crippen molar-refractivity contribution in [3.05, 3.63) is 28.0 Å². The second-order valence-corrected chi connectivity index (χ2v) is 7.43. The number of ketones is 1. The molecule has 134 valence electrons. The van der Waals surface area contributed by atoms with E-state index in [-0.39, 0.29) is 30.1 Å². The lowest BCUT2D eigenvalue weighted by Gasteiger charge is -2.24. The number of nitrogens with zero attached hydrogens (tertiary/aromatic N) is 1. The molecule has 2 atom stereocenters. The number of nitrogens with two attached hydrogens (primary N) is 1. The fraction of sp³-hybridized carbons (Fsp3) is 0.500. The predicted octanol–water partition coefficient (Wildman–Crippen LogP) is 1.32. The van der Waals surface area contributed by atoms with Crippen LogP contribution in [0.1, 0.15) is 37.5 Å². The van der Waals surface area contributed by atoms with Gasteiger partial charge in [-0.2, -0.15) is 0 Å². The molecule has 0 unspecified atom stereocenters. The first-order valence-corrected chi connectivity index (χ1v) is 9.51. The van der Waals surface area contributed by atoms with Gasteiger partial charge in [-0.3, -0.25) is 14.4 Å². The van der Waals surface area contributed by atoms with Crippen molar-refractivity contribution in [2.75, 3.05) is 13.1 Å². The fourth-order valence-corrected chi connectivity index (χ4v) is 4.40. The second-order valence-electron chi connectivity index (χ2n) is 6.49. The minimum atomic E-state index is -0.537. The molecule has 6 nitrogen and oxygen atoms in total. The summed E-state index contributed by atoms with van der Waals surface area (Å²) >= 11 is 1.58. The SMILES string of the molecule is CCNC(=O)[C@@H]1C[C@H](N)CN1C(=O)CC1=C(c2cccs2)CCC1=O. The van der Waals surface area contributed by atoms with E-state index in [4.69, 9.17) is 5.73 Å². The van der Waals surface area contributed by atoms with Crippen molar-refractivity contribution in [1.82, 2.24) is 10.2 Å². The van der Waals surface area contributed by atoms with Crippen molar-refractivity contribution in [3.8, 4) is 0 Å². The normalized spacial score (nSPS) is 23.4. The van der Waals surface area contributed by atoms with Crippen LogP contribution >= 0.6 is 11.3 Å². The number of hydrogen-bond acceptors (Lipinski definition) is 5. The molecule has 2 amide bonds. The Kier molecular flexibility index (Phi) is 5.34. The quantitative estimate of drug-likeness (QED) is 0.827. The van der Waals surface area contributed by atoms with Gasteiger partial charge >= 0.3 is 0 Å². The number of nitrogens with one attached hydrogen (secondary N) is 1. The van der Waals surface area contributed by atoms with Crippen molar-refractivity contribution in [3.63, 3.8) is 0 Å². The van der Waals surface area contributed by atoms with Crippen molar-refractivity contribution in [2.45, 2.75) is 44.7 Å². The summed E-state index contributed by atoms with van der Waals surface area (Å²) in [5.41, 5.74) is 7.55. The van der Waals surface area contributed by atoms with E-state index >= 15 is 0 Å². The van der Waals surface area contributed by atoms with Gasteiger partial charge in [-0.25, -0.2) is 0 Å². The van der Waals surface area contributed by atoms with Crippen LogP contribution in [0.2, 0.25) is 0 Å². The topological polar surface area (TPSA) is 92.5 Å². The summed E-state index contributed by atoms with van der Waals surface area (Å²) < 4.78 is 0. The Bertz CT molecular complexity index is 711. The largest absolute Gasteiger partial charge is 0.355 e. The van der Waals surface area contributed by atoms with Gasteiger partial charge in [0.25, 0.3) is 0 Å². The lowest BCUT2D eigenvalue weighted by atomic mass is 10.0. The molecule has 1 aromatic rings. The minimum absolute atomic E-state index is 0.0369. The van der Waals surface area contributed by atoms with Gasteiger partial charge in [-0.05, 0) is 36.8 Å². The Hall–Kier alpha value is -1.99. The first-order valence-electron chi connectivity index (χ1n) is 8.63. The Balaban J connectivity index is 1.79. The van der Waals surface area contributed by atoms with Gasteiger partial charge in [-0.15, -0.1) is 11.3 Å². The summed E-state index contributed by atoms with van der Waals surface area (Å²) in [7, 11) is 0. The average Bonchev–Trinajstić information content (AvgIpc) is 3.29. The Morgan fingerprint density at radius 2 is 2.20 bits per heavy atom. The van der Waals surface area contributed by atoms with E-state index in [2.05, 4.69) is 5.32 Å². The maximum absolute atomic E-state index is 12.8. The number of carbonyl (C=O) groups is 3. The minimum Gasteiger partial charge on any atom is -0.355 e. The van der Waals surface area contributed by atoms with Crippen LogP contribution in [0.3, 0.4) is 0 Å². The highest BCUT2D eigenvalue weighted by Crippen LogP contribution is 2.36. The highest BCUT2D eigenvalue weighted by atomic mass is 32.1. The van der Waals surface area contributed by atoms with Gasteiger partial charge in [0.05, 0.1) is 6.42 Å². The lowest BCUT2D eigenvalue weighted by molar-refractivity contribution is -0.138. The zero-order valence-electron chi connectivity index (χ0n) is 14.3. The lowest BCUT2D eigenvalue weighted by Crippen LogP contribution is -2.46. The number of thiophene rings is 1. The number of carbonyl (C=O) groups excluding carboxylic acids is 3. The summed E-state index contributed by atoms with van der Waals surface area (Å²) in [6.07, 6.45) is 1.65. The first-order chi connectivity index (χ1) is 12.0. The third-order valence-corrected chi connectivity index (χ3v) is 5.69. The Labute approximate surface area is 151 Å². The maximum atomic E-state index is 12.8. The van der Waals surface area contributed by atoms with Crippen molar-refractivity contribution < 1.29 is 14.4 Å². The molecule has 3 rings (SSSR count). The van der Waals surface area contributed by atoms with Gasteiger partial charge in [0.15, 0.2) is 5.78 Å². The van der Waals surface area contributed by atoms with E-state index in [1.807, 2.05) is 24.4 Å². The van der Waals surface area contributed by atoms with E-state index in [9.17, 15) is 14.4 Å². The molecule has 3 N–H and O–H groups in total. The number of hydrogen-bond donors (Lipinski definition) is 2. The van der Waals surface area contributed by atoms with E-state index in [0.717, 1.165) is 10.5 Å². The van der Waals surface area contributed by atoms with Crippen molar-refractivity contribution >= 4 is 34.5 Å². The molecule has 0 aromatic carbocycles. The third-order valence-electron chi connectivity index (χ3n) is 4.76. The van der Waals surface area contributed by atoms with Crippen LogP contribution in [-0.2, 0) is 14.4 Å². The Morgan fingerprint density at radius 1 is 1.40 bits per heavy atom. The first kappa shape index (κ1) is 17.8. The smallest absolute Gasteiger partial charge is 0.242 e. The van der Waals surface area contributed by atoms with E-state index in [1.165, 1.54) is 0 Å². The van der Waals surface area contributed by atoms with Crippen molar-refractivity contribution in [2.24, 2.45) is 5.73 Å². The van der Waals surface area contributed by atoms with Gasteiger partial charge in [0, 0.05) is 36.0 Å². The van der Waals surface area contributed by atoms with Gasteiger partial charge in [-0.1, -0.05) is 6.07 Å². The fourth-order valence-electron chi connectivity index (χ4n) is 3.57. The number of allylic oxidation sites excluding steroid dienone is 1. The van der Waals surface area contributed by atoms with Gasteiger partial charge in [0.1, 0.15) is 6.04 Å². The number of amides is 2. The molecule has 7 heteroatoms. The molecule has 0 spiro atoms. The maximum Gasteiger partial charge on any atom is 0.242 e. The van der Waals surface area contributed by atoms with Crippen LogP contribution in [0.15, 0.2) is 23.1 Å². The highest BCUT2D eigenvalue weighted by Gasteiger charge is 2.39. The summed E-state index contributed by atoms with van der Waals surface area (Å²) in [6.45, 7) is 2.71. The molecule has 0 bridgehead atoms. The molecule has 0 saturated carbocycles. The zero-order chi connectivity index (χ0) is 18.0. The van der Waals surface area contributed by atoms with Gasteiger partial charge < -0.3 is 16.0 Å². The molecular formula is C18H23N3O3S.